The average molecular weight is 181 g/mol. The predicted molar refractivity (Wildman–Crippen MR) is 50.5 cm³/mol. The minimum absolute atomic E-state index is 0.0395. The lowest BCUT2D eigenvalue weighted by molar-refractivity contribution is 0.301. The highest BCUT2D eigenvalue weighted by Gasteiger charge is 2.23. The summed E-state index contributed by atoms with van der Waals surface area (Å²) in [5.41, 5.74) is 5.93. The van der Waals surface area contributed by atoms with Crippen LogP contribution < -0.4 is 11.4 Å². The normalized spacial score (nSPS) is 29.0. The molecule has 1 aromatic rings. The van der Waals surface area contributed by atoms with Crippen molar-refractivity contribution in [2.45, 2.75) is 37.8 Å². The summed E-state index contributed by atoms with van der Waals surface area (Å²) in [6, 6.07) is 0.342. The topological polar surface area (TPSA) is 63.8 Å². The number of nitrogens with one attached hydrogen (secondary N) is 1. The molecule has 0 radical (unpaired) electrons. The zero-order valence-electron chi connectivity index (χ0n) is 7.57. The molecule has 0 amide bonds. The molecule has 3 N–H and O–H groups in total. The third kappa shape index (κ3) is 1.54. The van der Waals surface area contributed by atoms with Crippen LogP contribution in [0.25, 0.3) is 0 Å². The summed E-state index contributed by atoms with van der Waals surface area (Å²) in [6.45, 7) is 0. The summed E-state index contributed by atoms with van der Waals surface area (Å²) in [7, 11) is 0. The van der Waals surface area contributed by atoms with Gasteiger partial charge >= 0.3 is 5.69 Å². The highest BCUT2D eigenvalue weighted by Crippen LogP contribution is 2.25. The number of hydrogen-bond acceptors (Lipinski definition) is 2. The molecule has 2 atom stereocenters. The van der Waals surface area contributed by atoms with Gasteiger partial charge < -0.3 is 10.7 Å². The van der Waals surface area contributed by atoms with Gasteiger partial charge in [-0.3, -0.25) is 4.57 Å². The number of nitrogens with zero attached hydrogens (tertiary/aromatic N) is 1. The van der Waals surface area contributed by atoms with Gasteiger partial charge in [-0.2, -0.15) is 0 Å². The molecule has 1 aliphatic rings. The lowest BCUT2D eigenvalue weighted by atomic mass is 9.91. The monoisotopic (exact) mass is 181 g/mol. The van der Waals surface area contributed by atoms with Gasteiger partial charge in [0.1, 0.15) is 0 Å². The maximum Gasteiger partial charge on any atom is 0.325 e. The molecule has 1 aliphatic carbocycles. The van der Waals surface area contributed by atoms with Crippen LogP contribution in [0.4, 0.5) is 0 Å². The number of hydrogen-bond donors (Lipinski definition) is 2. The van der Waals surface area contributed by atoms with E-state index in [4.69, 9.17) is 5.73 Å². The largest absolute Gasteiger partial charge is 0.326 e. The van der Waals surface area contributed by atoms with Crippen molar-refractivity contribution < 1.29 is 0 Å². The van der Waals surface area contributed by atoms with Gasteiger partial charge in [-0.25, -0.2) is 4.79 Å². The molecule has 0 aliphatic heterocycles. The molecule has 0 aromatic carbocycles. The summed E-state index contributed by atoms with van der Waals surface area (Å²) in [5.74, 6) is 0. The molecule has 0 bridgehead atoms. The van der Waals surface area contributed by atoms with E-state index < -0.39 is 0 Å². The molecule has 2 rings (SSSR count). The van der Waals surface area contributed by atoms with Crippen molar-refractivity contribution in [1.82, 2.24) is 9.55 Å². The van der Waals surface area contributed by atoms with Crippen LogP contribution in [0, 0.1) is 0 Å². The molecule has 2 unspecified atom stereocenters. The second-order valence-corrected chi connectivity index (χ2v) is 3.69. The Kier molecular flexibility index (Phi) is 2.22. The van der Waals surface area contributed by atoms with Crippen molar-refractivity contribution in [1.29, 1.82) is 0 Å². The maximum atomic E-state index is 11.3. The fraction of sp³-hybridized carbons (Fsp3) is 0.667. The van der Waals surface area contributed by atoms with Gasteiger partial charge in [-0.05, 0) is 12.8 Å². The molecular weight excluding hydrogens is 166 g/mol. The number of imidazole rings is 1. The van der Waals surface area contributed by atoms with Crippen LogP contribution in [0.3, 0.4) is 0 Å². The predicted octanol–water partition coefficient (Wildman–Crippen LogP) is 0.619. The molecule has 1 saturated carbocycles. The summed E-state index contributed by atoms with van der Waals surface area (Å²) in [4.78, 5) is 14.0. The first-order chi connectivity index (χ1) is 6.29. The molecule has 13 heavy (non-hydrogen) atoms. The Labute approximate surface area is 76.8 Å². The summed E-state index contributed by atoms with van der Waals surface area (Å²) in [6.07, 6.45) is 7.88. The van der Waals surface area contributed by atoms with Gasteiger partial charge in [0.05, 0.1) is 6.04 Å². The van der Waals surface area contributed by atoms with E-state index in [0.29, 0.717) is 0 Å². The van der Waals surface area contributed by atoms with Gasteiger partial charge in [0.15, 0.2) is 0 Å². The van der Waals surface area contributed by atoms with Crippen LogP contribution in [0.5, 0.6) is 0 Å². The van der Waals surface area contributed by atoms with Gasteiger partial charge in [0, 0.05) is 18.4 Å². The van der Waals surface area contributed by atoms with Crippen molar-refractivity contribution in [3.05, 3.63) is 22.9 Å². The maximum absolute atomic E-state index is 11.3. The summed E-state index contributed by atoms with van der Waals surface area (Å²) >= 11 is 0. The number of H-pyrrole nitrogens is 1. The van der Waals surface area contributed by atoms with Gasteiger partial charge in [0.25, 0.3) is 0 Å². The quantitative estimate of drug-likeness (QED) is 0.667. The van der Waals surface area contributed by atoms with Crippen LogP contribution in [-0.2, 0) is 0 Å². The van der Waals surface area contributed by atoms with Crippen LogP contribution in [0.2, 0.25) is 0 Å². The SMILES string of the molecule is NC1CCCCC1n1cc[nH]c1=O. The molecule has 0 spiro atoms. The third-order valence-electron chi connectivity index (χ3n) is 2.82. The Morgan fingerprint density at radius 3 is 2.85 bits per heavy atom. The second-order valence-electron chi connectivity index (χ2n) is 3.69. The lowest BCUT2D eigenvalue weighted by Crippen LogP contribution is -2.38. The number of nitrogens with two attached hydrogens (primary N) is 1. The highest BCUT2D eigenvalue weighted by atomic mass is 16.1. The third-order valence-corrected chi connectivity index (χ3v) is 2.82. The van der Waals surface area contributed by atoms with Crippen LogP contribution in [0.1, 0.15) is 31.7 Å². The molecule has 1 heterocycles. The number of aromatic amines is 1. The standard InChI is InChI=1S/C9H15N3O/c10-7-3-1-2-4-8(7)12-6-5-11-9(12)13/h5-8H,1-4,10H2,(H,11,13). The van der Waals surface area contributed by atoms with Crippen molar-refractivity contribution >= 4 is 0 Å². The molecule has 4 heteroatoms. The number of aromatic nitrogens is 2. The molecule has 1 fully saturated rings. The van der Waals surface area contributed by atoms with Crippen molar-refractivity contribution in [3.8, 4) is 0 Å². The zero-order chi connectivity index (χ0) is 9.26. The fourth-order valence-electron chi connectivity index (χ4n) is 2.08. The van der Waals surface area contributed by atoms with Crippen LogP contribution in [-0.4, -0.2) is 15.6 Å². The first-order valence-corrected chi connectivity index (χ1v) is 4.80. The van der Waals surface area contributed by atoms with E-state index in [2.05, 4.69) is 4.98 Å². The van der Waals surface area contributed by atoms with Crippen LogP contribution in [0.15, 0.2) is 17.2 Å². The van der Waals surface area contributed by atoms with E-state index in [1.54, 1.807) is 17.0 Å². The van der Waals surface area contributed by atoms with Crippen molar-refractivity contribution in [2.75, 3.05) is 0 Å². The van der Waals surface area contributed by atoms with E-state index in [9.17, 15) is 4.79 Å². The molecular formula is C9H15N3O. The van der Waals surface area contributed by atoms with E-state index in [0.717, 1.165) is 12.8 Å². The average Bonchev–Trinajstić information content (AvgIpc) is 2.52. The Bertz CT molecular complexity index is 328. The fourth-order valence-corrected chi connectivity index (χ4v) is 2.08. The van der Waals surface area contributed by atoms with Gasteiger partial charge in [-0.15, -0.1) is 0 Å². The minimum Gasteiger partial charge on any atom is -0.326 e. The second kappa shape index (κ2) is 3.38. The number of rotatable bonds is 1. The van der Waals surface area contributed by atoms with Gasteiger partial charge in [0.2, 0.25) is 0 Å². The zero-order valence-corrected chi connectivity index (χ0v) is 7.57. The van der Waals surface area contributed by atoms with Crippen LogP contribution >= 0.6 is 0 Å². The molecule has 72 valence electrons. The van der Waals surface area contributed by atoms with Crippen molar-refractivity contribution in [2.24, 2.45) is 5.73 Å². The Hall–Kier alpha value is -1.03. The minimum atomic E-state index is -0.0395. The van der Waals surface area contributed by atoms with E-state index >= 15 is 0 Å². The molecule has 4 nitrogen and oxygen atoms in total. The molecule has 1 aromatic heterocycles. The van der Waals surface area contributed by atoms with Crippen molar-refractivity contribution in [3.63, 3.8) is 0 Å². The van der Waals surface area contributed by atoms with Gasteiger partial charge in [-0.1, -0.05) is 12.8 Å². The Morgan fingerprint density at radius 1 is 1.46 bits per heavy atom. The molecule has 0 saturated heterocycles. The lowest BCUT2D eigenvalue weighted by Gasteiger charge is -2.28. The van der Waals surface area contributed by atoms with E-state index in [1.165, 1.54) is 12.8 Å². The first-order valence-electron chi connectivity index (χ1n) is 4.80. The Morgan fingerprint density at radius 2 is 2.23 bits per heavy atom. The smallest absolute Gasteiger partial charge is 0.325 e. The van der Waals surface area contributed by atoms with E-state index in [1.807, 2.05) is 0 Å². The Balaban J connectivity index is 2.24. The first kappa shape index (κ1) is 8.56. The van der Waals surface area contributed by atoms with E-state index in [-0.39, 0.29) is 17.8 Å². The summed E-state index contributed by atoms with van der Waals surface area (Å²) < 4.78 is 1.73. The summed E-state index contributed by atoms with van der Waals surface area (Å²) in [5, 5.41) is 0. The highest BCUT2D eigenvalue weighted by molar-refractivity contribution is 4.88.